The fourth-order valence-electron chi connectivity index (χ4n) is 2.25. The number of halogens is 15. The molecule has 21 heteroatoms. The molecule has 214 valence electrons. The molecular formula is C15H14F15NO4S. The Morgan fingerprint density at radius 1 is 0.750 bits per heavy atom. The van der Waals surface area contributed by atoms with Crippen LogP contribution < -0.4 is 5.32 Å². The van der Waals surface area contributed by atoms with E-state index in [0.29, 0.717) is 0 Å². The van der Waals surface area contributed by atoms with Crippen LogP contribution in [0, 0.1) is 0 Å². The van der Waals surface area contributed by atoms with Crippen molar-refractivity contribution in [2.24, 2.45) is 0 Å². The maximum Gasteiger partial charge on any atom is 0.460 e. The van der Waals surface area contributed by atoms with Crippen molar-refractivity contribution in [3.63, 3.8) is 0 Å². The second kappa shape index (κ2) is 10.4. The van der Waals surface area contributed by atoms with Crippen LogP contribution in [0.1, 0.15) is 19.3 Å². The van der Waals surface area contributed by atoms with Gasteiger partial charge < -0.3 is 10.4 Å². The largest absolute Gasteiger partial charge is 0.478 e. The quantitative estimate of drug-likeness (QED) is 0.156. The first kappa shape index (κ1) is 34.1. The second-order valence-corrected chi connectivity index (χ2v) is 8.22. The van der Waals surface area contributed by atoms with E-state index in [1.165, 1.54) is 0 Å². The van der Waals surface area contributed by atoms with E-state index in [2.05, 4.69) is 6.58 Å². The van der Waals surface area contributed by atoms with Crippen LogP contribution >= 0.6 is 0 Å². The first-order chi connectivity index (χ1) is 15.6. The summed E-state index contributed by atoms with van der Waals surface area (Å²) in [5, 5.41) is 7.95. The van der Waals surface area contributed by atoms with E-state index >= 15 is 0 Å². The summed E-state index contributed by atoms with van der Waals surface area (Å²) in [6.07, 6.45) is -13.0. The molecule has 0 aliphatic carbocycles. The minimum atomic E-state index is -8.43. The summed E-state index contributed by atoms with van der Waals surface area (Å²) >= 11 is 0. The molecule has 0 aliphatic heterocycles. The van der Waals surface area contributed by atoms with Crippen LogP contribution in [0.15, 0.2) is 12.2 Å². The number of hydrogen-bond acceptors (Lipinski definition) is 4. The molecule has 1 atom stereocenters. The summed E-state index contributed by atoms with van der Waals surface area (Å²) in [5.74, 6) is -49.1. The maximum atomic E-state index is 13.8. The average molecular weight is 589 g/mol. The van der Waals surface area contributed by atoms with Gasteiger partial charge in [0.05, 0.1) is 0 Å². The summed E-state index contributed by atoms with van der Waals surface area (Å²) in [4.78, 5) is 10.5. The Kier molecular flexibility index (Phi) is 9.88. The molecule has 0 spiro atoms. The normalized spacial score (nSPS) is 15.8. The number of aliphatic carboxylic acids is 1. The Morgan fingerprint density at radius 3 is 1.50 bits per heavy atom. The van der Waals surface area contributed by atoms with Crippen LogP contribution in [0.3, 0.4) is 0 Å². The summed E-state index contributed by atoms with van der Waals surface area (Å²) in [5.41, 5.74) is -0.585. The predicted molar refractivity (Wildman–Crippen MR) is 88.5 cm³/mol. The van der Waals surface area contributed by atoms with E-state index in [-0.39, 0.29) is 0 Å². The van der Waals surface area contributed by atoms with Gasteiger partial charge in [-0.3, -0.25) is 0 Å². The molecule has 0 rings (SSSR count). The zero-order chi connectivity index (χ0) is 29.3. The molecule has 0 bridgehead atoms. The summed E-state index contributed by atoms with van der Waals surface area (Å²) < 4.78 is 219. The van der Waals surface area contributed by atoms with Crippen LogP contribution in [0.5, 0.6) is 0 Å². The highest BCUT2D eigenvalue weighted by Crippen LogP contribution is 2.62. The van der Waals surface area contributed by atoms with Gasteiger partial charge in [0.2, 0.25) is 0 Å². The van der Waals surface area contributed by atoms with Gasteiger partial charge in [-0.25, -0.2) is 13.2 Å². The van der Waals surface area contributed by atoms with Gasteiger partial charge >= 0.3 is 47.7 Å². The Balaban J connectivity index is 6.01. The van der Waals surface area contributed by atoms with Crippen molar-refractivity contribution >= 4 is 16.7 Å². The lowest BCUT2D eigenvalue weighted by Gasteiger charge is -2.41. The molecule has 0 amide bonds. The van der Waals surface area contributed by atoms with Gasteiger partial charge in [0.1, 0.15) is 5.37 Å². The molecule has 0 aliphatic rings. The van der Waals surface area contributed by atoms with E-state index in [1.807, 2.05) is 0 Å². The standard InChI is InChI=1S/C15H14F15NO4S/c1-6(8(32)33)3-5-31-7(36(34)35)2-4-9(16,17)10(18,19)11(20,21)12(22,23)13(24,25)14(26,27)15(28,29)30/h7,31,36H,1-5H2,(H,32,33). The van der Waals surface area contributed by atoms with Crippen LogP contribution in [0.2, 0.25) is 0 Å². The Bertz CT molecular complexity index is 890. The van der Waals surface area contributed by atoms with Crippen molar-refractivity contribution < 1.29 is 84.2 Å². The molecule has 5 nitrogen and oxygen atoms in total. The molecule has 1 unspecified atom stereocenters. The van der Waals surface area contributed by atoms with Crippen molar-refractivity contribution in [3.8, 4) is 0 Å². The van der Waals surface area contributed by atoms with Gasteiger partial charge in [-0.2, -0.15) is 65.9 Å². The molecule has 0 aromatic rings. The van der Waals surface area contributed by atoms with Crippen LogP contribution in [-0.2, 0) is 15.5 Å². The molecule has 2 N–H and O–H groups in total. The van der Waals surface area contributed by atoms with E-state index in [0.717, 1.165) is 0 Å². The fraction of sp³-hybridized carbons (Fsp3) is 0.800. The third-order valence-electron chi connectivity index (χ3n) is 4.49. The predicted octanol–water partition coefficient (Wildman–Crippen LogP) is 4.70. The molecule has 0 radical (unpaired) electrons. The molecule has 0 saturated heterocycles. The van der Waals surface area contributed by atoms with Crippen molar-refractivity contribution in [2.45, 2.75) is 66.3 Å². The highest BCUT2D eigenvalue weighted by atomic mass is 32.2. The molecule has 0 heterocycles. The van der Waals surface area contributed by atoms with E-state index in [9.17, 15) is 79.1 Å². The molecule has 0 fully saturated rings. The van der Waals surface area contributed by atoms with Crippen LogP contribution in [0.25, 0.3) is 0 Å². The minimum Gasteiger partial charge on any atom is -0.478 e. The molecule has 0 aromatic heterocycles. The molecule has 36 heavy (non-hydrogen) atoms. The number of alkyl halides is 15. The number of nitrogens with one attached hydrogen (secondary N) is 1. The van der Waals surface area contributed by atoms with Crippen LogP contribution in [0.4, 0.5) is 65.9 Å². The highest BCUT2D eigenvalue weighted by molar-refractivity contribution is 7.73. The van der Waals surface area contributed by atoms with Crippen molar-refractivity contribution in [1.29, 1.82) is 0 Å². The van der Waals surface area contributed by atoms with E-state index < -0.39 is 95.1 Å². The summed E-state index contributed by atoms with van der Waals surface area (Å²) in [6, 6.07) is 0. The molecule has 0 aromatic carbocycles. The third-order valence-corrected chi connectivity index (χ3v) is 5.44. The second-order valence-electron chi connectivity index (χ2n) is 7.03. The Hall–Kier alpha value is -1.93. The maximum absolute atomic E-state index is 13.8. The van der Waals surface area contributed by atoms with Gasteiger partial charge in [-0.05, 0) is 12.8 Å². The van der Waals surface area contributed by atoms with Gasteiger partial charge in [0, 0.05) is 18.5 Å². The third kappa shape index (κ3) is 5.96. The summed E-state index contributed by atoms with van der Waals surface area (Å²) in [7, 11) is -3.94. The number of hydrogen-bond donors (Lipinski definition) is 3. The number of carboxylic acid groups (broad SMARTS) is 1. The van der Waals surface area contributed by atoms with Crippen molar-refractivity contribution in [3.05, 3.63) is 12.2 Å². The monoisotopic (exact) mass is 589 g/mol. The van der Waals surface area contributed by atoms with Gasteiger partial charge in [0.25, 0.3) is 0 Å². The Morgan fingerprint density at radius 2 is 1.14 bits per heavy atom. The van der Waals surface area contributed by atoms with Gasteiger partial charge in [-0.15, -0.1) is 0 Å². The fourth-order valence-corrected chi connectivity index (χ4v) is 2.87. The smallest absolute Gasteiger partial charge is 0.460 e. The molecule has 0 saturated carbocycles. The zero-order valence-corrected chi connectivity index (χ0v) is 17.8. The first-order valence-electron chi connectivity index (χ1n) is 8.75. The number of thiol groups is 1. The lowest BCUT2D eigenvalue weighted by Crippen LogP contribution is -2.72. The van der Waals surface area contributed by atoms with Crippen LogP contribution in [-0.4, -0.2) is 73.1 Å². The van der Waals surface area contributed by atoms with Gasteiger partial charge in [-0.1, -0.05) is 6.58 Å². The van der Waals surface area contributed by atoms with Gasteiger partial charge in [0.15, 0.2) is 10.7 Å². The van der Waals surface area contributed by atoms with E-state index in [4.69, 9.17) is 5.11 Å². The van der Waals surface area contributed by atoms with Crippen molar-refractivity contribution in [2.75, 3.05) is 6.54 Å². The number of carbonyl (C=O) groups is 1. The topological polar surface area (TPSA) is 83.5 Å². The lowest BCUT2D eigenvalue weighted by atomic mass is 9.89. The van der Waals surface area contributed by atoms with Crippen molar-refractivity contribution in [1.82, 2.24) is 5.32 Å². The number of carboxylic acids is 1. The number of rotatable bonds is 14. The minimum absolute atomic E-state index is 0.585. The highest BCUT2D eigenvalue weighted by Gasteiger charge is 2.93. The Labute approximate surface area is 192 Å². The zero-order valence-electron chi connectivity index (χ0n) is 16.9. The first-order valence-corrected chi connectivity index (χ1v) is 9.99. The molecular weight excluding hydrogens is 575 g/mol. The van der Waals surface area contributed by atoms with E-state index in [1.54, 1.807) is 5.32 Å². The lowest BCUT2D eigenvalue weighted by molar-refractivity contribution is -0.452. The average Bonchev–Trinajstić information content (AvgIpc) is 2.68. The summed E-state index contributed by atoms with van der Waals surface area (Å²) in [6.45, 7) is 2.25. The SMILES string of the molecule is C=C(CCNC(CCC(F)(F)C(F)(F)C(F)(F)C(F)(F)C(F)(F)C(F)(F)C(F)(F)F)[SH](=O)=O)C(=O)O.